The van der Waals surface area contributed by atoms with Gasteiger partial charge in [-0.25, -0.2) is 24.2 Å². The second-order valence-corrected chi connectivity index (χ2v) is 5.20. The normalized spacial score (nSPS) is 10.0. The number of rotatable bonds is 4. The van der Waals surface area contributed by atoms with Gasteiger partial charge < -0.3 is 20.3 Å². The van der Waals surface area contributed by atoms with E-state index >= 15 is 0 Å². The first-order chi connectivity index (χ1) is 11.7. The number of esters is 2. The Morgan fingerprint density at radius 2 is 1.60 bits per heavy atom. The molecule has 9 heteroatoms. The molecule has 0 unspecified atom stereocenters. The molecule has 25 heavy (non-hydrogen) atoms. The fourth-order valence-corrected chi connectivity index (χ4v) is 2.14. The number of hydrogen-bond acceptors (Lipinski definition) is 7. The van der Waals surface area contributed by atoms with Crippen LogP contribution in [0.4, 0.5) is 0 Å². The predicted octanol–water partition coefficient (Wildman–Crippen LogP) is 1.59. The molecule has 0 spiro atoms. The number of nitrogen functional groups attached to an aromatic ring is 1. The molecular formula is C16H25N5O4. The minimum Gasteiger partial charge on any atom is -0.461 e. The van der Waals surface area contributed by atoms with Gasteiger partial charge in [0.25, 0.3) is 0 Å². The summed E-state index contributed by atoms with van der Waals surface area (Å²) < 4.78 is 10.9. The van der Waals surface area contributed by atoms with Crippen molar-refractivity contribution in [2.75, 3.05) is 19.1 Å². The summed E-state index contributed by atoms with van der Waals surface area (Å²) in [5.74, 6) is 6.13. The molecule has 3 N–H and O–H groups in total. The quantitative estimate of drug-likeness (QED) is 0.633. The monoisotopic (exact) mass is 351 g/mol. The van der Waals surface area contributed by atoms with Gasteiger partial charge in [0.2, 0.25) is 0 Å². The van der Waals surface area contributed by atoms with Gasteiger partial charge in [0.15, 0.2) is 11.4 Å². The topological polar surface area (TPSA) is 125 Å². The van der Waals surface area contributed by atoms with E-state index < -0.39 is 5.97 Å². The number of carbonyl (C=O) groups excluding carboxylic acids is 2. The third-order valence-electron chi connectivity index (χ3n) is 3.20. The second kappa shape index (κ2) is 8.86. The molecule has 0 aliphatic rings. The summed E-state index contributed by atoms with van der Waals surface area (Å²) in [6.45, 7) is 11.3. The lowest BCUT2D eigenvalue weighted by Crippen LogP contribution is -2.20. The second-order valence-electron chi connectivity index (χ2n) is 5.20. The molecule has 2 heterocycles. The van der Waals surface area contributed by atoms with Gasteiger partial charge in [-0.1, -0.05) is 0 Å². The Balaban J connectivity index is 0.000000251. The number of hydrogen-bond donors (Lipinski definition) is 2. The van der Waals surface area contributed by atoms with Gasteiger partial charge in [-0.3, -0.25) is 0 Å². The summed E-state index contributed by atoms with van der Waals surface area (Å²) in [5, 5.41) is 0. The molecule has 9 nitrogen and oxygen atoms in total. The maximum absolute atomic E-state index is 11.3. The van der Waals surface area contributed by atoms with Crippen LogP contribution in [0.15, 0.2) is 0 Å². The smallest absolute Gasteiger partial charge is 0.358 e. The first-order valence-corrected chi connectivity index (χ1v) is 7.91. The summed E-state index contributed by atoms with van der Waals surface area (Å²) in [6.07, 6.45) is 0. The third-order valence-corrected chi connectivity index (χ3v) is 3.20. The van der Waals surface area contributed by atoms with E-state index in [1.807, 2.05) is 0 Å². The lowest BCUT2D eigenvalue weighted by atomic mass is 10.3. The Morgan fingerprint density at radius 3 is 2.00 bits per heavy atom. The minimum absolute atomic E-state index is 0.319. The molecule has 138 valence electrons. The highest BCUT2D eigenvalue weighted by Crippen LogP contribution is 2.08. The Morgan fingerprint density at radius 1 is 1.04 bits per heavy atom. The van der Waals surface area contributed by atoms with E-state index in [0.717, 1.165) is 11.5 Å². The van der Waals surface area contributed by atoms with E-state index in [2.05, 4.69) is 15.0 Å². The first kappa shape index (κ1) is 20.2. The lowest BCUT2D eigenvalue weighted by molar-refractivity contribution is 0.0507. The zero-order valence-electron chi connectivity index (χ0n) is 15.5. The average molecular weight is 351 g/mol. The number of nitrogens with zero attached hydrogens (tertiary/aromatic N) is 3. The molecule has 2 rings (SSSR count). The summed E-state index contributed by atoms with van der Waals surface area (Å²) in [6, 6.07) is 0. The van der Waals surface area contributed by atoms with Crippen molar-refractivity contribution in [1.29, 1.82) is 0 Å². The minimum atomic E-state index is -0.428. The van der Waals surface area contributed by atoms with Gasteiger partial charge in [-0.05, 0) is 41.5 Å². The molecule has 0 saturated carbocycles. The molecular weight excluding hydrogens is 326 g/mol. The number of carbonyl (C=O) groups is 2. The zero-order valence-corrected chi connectivity index (χ0v) is 15.5. The number of H-pyrrole nitrogens is 1. The van der Waals surface area contributed by atoms with Crippen molar-refractivity contribution < 1.29 is 19.1 Å². The van der Waals surface area contributed by atoms with E-state index in [1.54, 1.807) is 41.5 Å². The number of ether oxygens (including phenoxy) is 2. The van der Waals surface area contributed by atoms with E-state index in [4.69, 9.17) is 15.3 Å². The molecule has 0 radical (unpaired) electrons. The molecule has 2 aromatic heterocycles. The van der Waals surface area contributed by atoms with Crippen LogP contribution in [0.5, 0.6) is 0 Å². The van der Waals surface area contributed by atoms with Gasteiger partial charge in [-0.15, -0.1) is 0 Å². The molecule has 0 fully saturated rings. The van der Waals surface area contributed by atoms with E-state index in [1.165, 1.54) is 4.68 Å². The maximum Gasteiger partial charge on any atom is 0.358 e. The third kappa shape index (κ3) is 5.07. The van der Waals surface area contributed by atoms with Crippen molar-refractivity contribution in [1.82, 2.24) is 19.6 Å². The molecule has 0 aromatic carbocycles. The molecule has 0 atom stereocenters. The fraction of sp³-hybridized carbons (Fsp3) is 0.500. The molecule has 2 aromatic rings. The standard InChI is InChI=1S/C8H13N3O2.C8H12N2O2/c1-4-13-8(12)7-5(2)10-6(3)11(7)9;1-4-12-8(11)7-5(2)9-6(3)10-7/h4,9H2,1-3H3;4H2,1-3H3,(H,9,10). The van der Waals surface area contributed by atoms with E-state index in [-0.39, 0.29) is 5.97 Å². The summed E-state index contributed by atoms with van der Waals surface area (Å²) in [5.41, 5.74) is 2.05. The number of aryl methyl sites for hydroxylation is 4. The van der Waals surface area contributed by atoms with Crippen LogP contribution in [0, 0.1) is 27.7 Å². The highest BCUT2D eigenvalue weighted by atomic mass is 16.5. The lowest BCUT2D eigenvalue weighted by Gasteiger charge is -2.03. The number of nitrogens with two attached hydrogens (primary N) is 1. The van der Waals surface area contributed by atoms with Crippen LogP contribution in [-0.2, 0) is 9.47 Å². The summed E-state index contributed by atoms with van der Waals surface area (Å²) in [4.78, 5) is 33.5. The number of aromatic amines is 1. The predicted molar refractivity (Wildman–Crippen MR) is 91.8 cm³/mol. The summed E-state index contributed by atoms with van der Waals surface area (Å²) >= 11 is 0. The van der Waals surface area contributed by atoms with Crippen LogP contribution < -0.4 is 5.84 Å². The van der Waals surface area contributed by atoms with Gasteiger partial charge >= 0.3 is 11.9 Å². The van der Waals surface area contributed by atoms with Crippen LogP contribution in [0.2, 0.25) is 0 Å². The van der Waals surface area contributed by atoms with Crippen LogP contribution in [-0.4, -0.2) is 44.8 Å². The molecule has 0 saturated heterocycles. The van der Waals surface area contributed by atoms with Gasteiger partial charge in [-0.2, -0.15) is 0 Å². The average Bonchev–Trinajstić information content (AvgIpc) is 2.99. The fourth-order valence-electron chi connectivity index (χ4n) is 2.14. The largest absolute Gasteiger partial charge is 0.461 e. The molecule has 0 aliphatic heterocycles. The van der Waals surface area contributed by atoms with E-state index in [9.17, 15) is 9.59 Å². The number of aromatic nitrogens is 4. The first-order valence-electron chi connectivity index (χ1n) is 7.91. The van der Waals surface area contributed by atoms with Crippen LogP contribution in [0.25, 0.3) is 0 Å². The highest BCUT2D eigenvalue weighted by molar-refractivity contribution is 5.89. The Bertz CT molecular complexity index is 748. The molecule has 0 aliphatic carbocycles. The van der Waals surface area contributed by atoms with Crippen molar-refractivity contribution >= 4 is 11.9 Å². The highest BCUT2D eigenvalue weighted by Gasteiger charge is 2.18. The van der Waals surface area contributed by atoms with Gasteiger partial charge in [0, 0.05) is 5.69 Å². The number of imidazole rings is 2. The van der Waals surface area contributed by atoms with Crippen LogP contribution in [0.3, 0.4) is 0 Å². The van der Waals surface area contributed by atoms with Crippen LogP contribution in [0.1, 0.15) is 57.9 Å². The van der Waals surface area contributed by atoms with Crippen molar-refractivity contribution in [3.63, 3.8) is 0 Å². The number of nitrogens with one attached hydrogen (secondary N) is 1. The van der Waals surface area contributed by atoms with Crippen molar-refractivity contribution in [2.45, 2.75) is 41.5 Å². The van der Waals surface area contributed by atoms with E-state index in [0.29, 0.717) is 36.1 Å². The Hall–Kier alpha value is -2.84. The van der Waals surface area contributed by atoms with Crippen LogP contribution >= 0.6 is 0 Å². The summed E-state index contributed by atoms with van der Waals surface area (Å²) in [7, 11) is 0. The molecule has 0 amide bonds. The van der Waals surface area contributed by atoms with Gasteiger partial charge in [0.05, 0.1) is 18.9 Å². The van der Waals surface area contributed by atoms with Crippen molar-refractivity contribution in [3.05, 3.63) is 34.4 Å². The SMILES string of the molecule is CCOC(=O)c1c(C)nc(C)n1N.CCOC(=O)c1nc(C)[nH]c1C. The Labute approximate surface area is 146 Å². The van der Waals surface area contributed by atoms with Gasteiger partial charge in [0.1, 0.15) is 11.6 Å². The zero-order chi connectivity index (χ0) is 19.1. The molecule has 0 bridgehead atoms. The van der Waals surface area contributed by atoms with Crippen molar-refractivity contribution in [2.24, 2.45) is 0 Å². The maximum atomic E-state index is 11.3. The van der Waals surface area contributed by atoms with Crippen molar-refractivity contribution in [3.8, 4) is 0 Å². The Kier molecular flexibility index (Phi) is 7.16.